The summed E-state index contributed by atoms with van der Waals surface area (Å²) in [5, 5.41) is 1.60. The Hall–Kier alpha value is -1.16. The van der Waals surface area contributed by atoms with Gasteiger partial charge in [0.05, 0.1) is 11.6 Å². The molecule has 2 aromatic rings. The van der Waals surface area contributed by atoms with E-state index >= 15 is 0 Å². The van der Waals surface area contributed by atoms with E-state index in [2.05, 4.69) is 15.9 Å². The molecule has 1 atom stereocenters. The van der Waals surface area contributed by atoms with E-state index < -0.39 is 0 Å². The Bertz CT molecular complexity index is 635. The second-order valence-corrected chi connectivity index (χ2v) is 4.67. The standard InChI is InChI=1S/C12H9BrFNO/c13-6-8-5-9-10(14)3-1-7-2-4-11(16)15(8)12(7)9/h1-4,8H,5-6H2. The van der Waals surface area contributed by atoms with Crippen LogP contribution >= 0.6 is 15.9 Å². The molecular formula is C12H9BrFNO. The predicted octanol–water partition coefficient (Wildman–Crippen LogP) is 2.63. The zero-order chi connectivity index (χ0) is 11.3. The first kappa shape index (κ1) is 10.0. The maximum Gasteiger partial charge on any atom is 0.251 e. The minimum Gasteiger partial charge on any atom is -0.304 e. The van der Waals surface area contributed by atoms with Crippen molar-refractivity contribution in [1.82, 2.24) is 4.57 Å². The van der Waals surface area contributed by atoms with Gasteiger partial charge in [0.15, 0.2) is 0 Å². The van der Waals surface area contributed by atoms with Gasteiger partial charge in [0.25, 0.3) is 5.56 Å². The molecule has 0 radical (unpaired) electrons. The van der Waals surface area contributed by atoms with Gasteiger partial charge in [-0.1, -0.05) is 15.9 Å². The summed E-state index contributed by atoms with van der Waals surface area (Å²) in [4.78, 5) is 11.8. The van der Waals surface area contributed by atoms with Crippen LogP contribution < -0.4 is 5.56 Å². The van der Waals surface area contributed by atoms with Crippen LogP contribution in [0, 0.1) is 5.82 Å². The van der Waals surface area contributed by atoms with E-state index in [1.807, 2.05) is 0 Å². The van der Waals surface area contributed by atoms with Gasteiger partial charge in [-0.15, -0.1) is 0 Å². The fourth-order valence-electron chi connectivity index (χ4n) is 2.41. The first-order valence-electron chi connectivity index (χ1n) is 5.11. The van der Waals surface area contributed by atoms with Crippen LogP contribution in [0.3, 0.4) is 0 Å². The van der Waals surface area contributed by atoms with Crippen LogP contribution in [-0.4, -0.2) is 9.90 Å². The molecule has 0 saturated heterocycles. The molecule has 1 aromatic carbocycles. The van der Waals surface area contributed by atoms with E-state index in [0.29, 0.717) is 17.3 Å². The third kappa shape index (κ3) is 1.19. The number of rotatable bonds is 1. The second kappa shape index (κ2) is 3.42. The number of hydrogen-bond donors (Lipinski definition) is 0. The van der Waals surface area contributed by atoms with Crippen molar-refractivity contribution in [1.29, 1.82) is 0 Å². The van der Waals surface area contributed by atoms with Crippen LogP contribution in [0.2, 0.25) is 0 Å². The quantitative estimate of drug-likeness (QED) is 0.737. The smallest absolute Gasteiger partial charge is 0.251 e. The first-order chi connectivity index (χ1) is 7.72. The summed E-state index contributed by atoms with van der Waals surface area (Å²) in [6.45, 7) is 0. The molecule has 0 saturated carbocycles. The molecule has 2 heterocycles. The molecule has 1 aliphatic rings. The SMILES string of the molecule is O=c1ccc2ccc(F)c3c2n1C(CBr)C3. The number of benzene rings is 1. The maximum atomic E-state index is 13.7. The molecule has 4 heteroatoms. The summed E-state index contributed by atoms with van der Waals surface area (Å²) in [5.74, 6) is -0.213. The molecule has 0 N–H and O–H groups in total. The third-order valence-corrected chi connectivity index (χ3v) is 3.87. The van der Waals surface area contributed by atoms with Gasteiger partial charge in [-0.2, -0.15) is 0 Å². The van der Waals surface area contributed by atoms with E-state index in [1.165, 1.54) is 6.07 Å². The van der Waals surface area contributed by atoms with Gasteiger partial charge in [0.1, 0.15) is 5.82 Å². The lowest BCUT2D eigenvalue weighted by Crippen LogP contribution is -2.22. The lowest BCUT2D eigenvalue weighted by Gasteiger charge is -2.10. The van der Waals surface area contributed by atoms with E-state index in [4.69, 9.17) is 0 Å². The number of alkyl halides is 1. The van der Waals surface area contributed by atoms with Crippen LogP contribution in [0.4, 0.5) is 4.39 Å². The number of halogens is 2. The zero-order valence-electron chi connectivity index (χ0n) is 8.41. The largest absolute Gasteiger partial charge is 0.304 e. The number of aromatic nitrogens is 1. The van der Waals surface area contributed by atoms with Crippen molar-refractivity contribution >= 4 is 26.8 Å². The van der Waals surface area contributed by atoms with Crippen molar-refractivity contribution in [3.8, 4) is 0 Å². The monoisotopic (exact) mass is 281 g/mol. The molecule has 1 unspecified atom stereocenters. The van der Waals surface area contributed by atoms with Crippen LogP contribution in [0.25, 0.3) is 10.9 Å². The zero-order valence-corrected chi connectivity index (χ0v) is 10.00. The predicted molar refractivity (Wildman–Crippen MR) is 64.7 cm³/mol. The molecule has 0 amide bonds. The van der Waals surface area contributed by atoms with Crippen molar-refractivity contribution in [2.24, 2.45) is 0 Å². The van der Waals surface area contributed by atoms with Gasteiger partial charge in [-0.25, -0.2) is 4.39 Å². The van der Waals surface area contributed by atoms with Crippen molar-refractivity contribution in [2.75, 3.05) is 5.33 Å². The molecule has 2 nitrogen and oxygen atoms in total. The summed E-state index contributed by atoms with van der Waals surface area (Å²) in [7, 11) is 0. The fraction of sp³-hybridized carbons (Fsp3) is 0.250. The van der Waals surface area contributed by atoms with Crippen molar-refractivity contribution in [3.63, 3.8) is 0 Å². The van der Waals surface area contributed by atoms with E-state index in [0.717, 1.165) is 10.9 Å². The van der Waals surface area contributed by atoms with Gasteiger partial charge < -0.3 is 4.57 Å². The first-order valence-corrected chi connectivity index (χ1v) is 6.23. The average molecular weight is 282 g/mol. The summed E-state index contributed by atoms with van der Waals surface area (Å²) in [5.41, 5.74) is 1.37. The van der Waals surface area contributed by atoms with Crippen LogP contribution in [0.1, 0.15) is 11.6 Å². The molecule has 0 spiro atoms. The van der Waals surface area contributed by atoms with Crippen molar-refractivity contribution in [2.45, 2.75) is 12.5 Å². The summed E-state index contributed by atoms with van der Waals surface area (Å²) >= 11 is 3.38. The van der Waals surface area contributed by atoms with Gasteiger partial charge >= 0.3 is 0 Å². The molecule has 0 bridgehead atoms. The Labute approximate surface area is 99.8 Å². The fourth-order valence-corrected chi connectivity index (χ4v) is 2.93. The second-order valence-electron chi connectivity index (χ2n) is 4.02. The van der Waals surface area contributed by atoms with Gasteiger partial charge in [-0.3, -0.25) is 4.79 Å². The van der Waals surface area contributed by atoms with Crippen LogP contribution in [0.15, 0.2) is 29.1 Å². The molecule has 0 fully saturated rings. The minimum atomic E-state index is -0.213. The minimum absolute atomic E-state index is 0.0306. The number of pyridine rings is 1. The Morgan fingerprint density at radius 1 is 1.38 bits per heavy atom. The molecule has 82 valence electrons. The van der Waals surface area contributed by atoms with Crippen molar-refractivity contribution in [3.05, 3.63) is 46.0 Å². The van der Waals surface area contributed by atoms with E-state index in [-0.39, 0.29) is 17.4 Å². The van der Waals surface area contributed by atoms with Crippen LogP contribution in [0.5, 0.6) is 0 Å². The Kier molecular flexibility index (Phi) is 2.14. The molecule has 1 aliphatic heterocycles. The Morgan fingerprint density at radius 2 is 2.12 bits per heavy atom. The lowest BCUT2D eigenvalue weighted by atomic mass is 10.1. The summed E-state index contributed by atoms with van der Waals surface area (Å²) < 4.78 is 15.4. The highest BCUT2D eigenvalue weighted by molar-refractivity contribution is 9.09. The Balaban J connectivity index is 2.49. The Morgan fingerprint density at radius 3 is 2.88 bits per heavy atom. The maximum absolute atomic E-state index is 13.7. The highest BCUT2D eigenvalue weighted by atomic mass is 79.9. The number of hydrogen-bond acceptors (Lipinski definition) is 1. The molecule has 1 aromatic heterocycles. The van der Waals surface area contributed by atoms with E-state index in [1.54, 1.807) is 22.8 Å². The summed E-state index contributed by atoms with van der Waals surface area (Å²) in [6, 6.07) is 6.53. The van der Waals surface area contributed by atoms with Gasteiger partial charge in [0, 0.05) is 17.0 Å². The summed E-state index contributed by atoms with van der Waals surface area (Å²) in [6.07, 6.45) is 0.591. The molecule has 3 rings (SSSR count). The van der Waals surface area contributed by atoms with Crippen LogP contribution in [-0.2, 0) is 6.42 Å². The molecule has 0 aliphatic carbocycles. The normalized spacial score (nSPS) is 18.2. The molecule has 16 heavy (non-hydrogen) atoms. The van der Waals surface area contributed by atoms with Gasteiger partial charge in [0.2, 0.25) is 0 Å². The highest BCUT2D eigenvalue weighted by Gasteiger charge is 2.26. The highest BCUT2D eigenvalue weighted by Crippen LogP contribution is 2.33. The van der Waals surface area contributed by atoms with Gasteiger partial charge in [-0.05, 0) is 30.0 Å². The number of nitrogens with zero attached hydrogens (tertiary/aromatic N) is 1. The third-order valence-electron chi connectivity index (χ3n) is 3.12. The average Bonchev–Trinajstić information content (AvgIpc) is 2.68. The topological polar surface area (TPSA) is 22.0 Å². The van der Waals surface area contributed by atoms with Crippen molar-refractivity contribution < 1.29 is 4.39 Å². The molecular weight excluding hydrogens is 273 g/mol. The van der Waals surface area contributed by atoms with E-state index in [9.17, 15) is 9.18 Å². The lowest BCUT2D eigenvalue weighted by molar-refractivity contribution is 0.570.